The van der Waals surface area contributed by atoms with E-state index >= 15 is 0 Å². The first-order valence-electron chi connectivity index (χ1n) is 13.1. The summed E-state index contributed by atoms with van der Waals surface area (Å²) in [5, 5.41) is 0. The molecular formula is C26H41N3O5S. The first kappa shape index (κ1) is 26.4. The summed E-state index contributed by atoms with van der Waals surface area (Å²) >= 11 is 0. The summed E-state index contributed by atoms with van der Waals surface area (Å²) in [5.74, 6) is 0.680. The third-order valence-corrected chi connectivity index (χ3v) is 9.97. The average Bonchev–Trinajstić information content (AvgIpc) is 3.51. The molecule has 3 heterocycles. The highest BCUT2D eigenvalue weighted by Gasteiger charge is 2.36. The molecule has 0 aliphatic carbocycles. The summed E-state index contributed by atoms with van der Waals surface area (Å²) in [6.07, 6.45) is 7.12. The van der Waals surface area contributed by atoms with Crippen molar-refractivity contribution in [1.29, 1.82) is 0 Å². The van der Waals surface area contributed by atoms with Gasteiger partial charge in [0.1, 0.15) is 12.4 Å². The monoisotopic (exact) mass is 507 g/mol. The number of carbonyl (C=O) groups excluding carboxylic acids is 1. The van der Waals surface area contributed by atoms with Crippen LogP contribution < -0.4 is 4.74 Å². The molecule has 4 rings (SSSR count). The van der Waals surface area contributed by atoms with Crippen molar-refractivity contribution >= 4 is 15.9 Å². The van der Waals surface area contributed by atoms with E-state index in [0.29, 0.717) is 28.3 Å². The fraction of sp³-hybridized carbons (Fsp3) is 0.731. The lowest BCUT2D eigenvalue weighted by Crippen LogP contribution is -2.47. The topological polar surface area (TPSA) is 79.4 Å². The number of aryl methyl sites for hydroxylation is 2. The van der Waals surface area contributed by atoms with E-state index in [9.17, 15) is 13.2 Å². The first-order chi connectivity index (χ1) is 16.8. The lowest BCUT2D eigenvalue weighted by Gasteiger charge is -2.35. The van der Waals surface area contributed by atoms with E-state index in [4.69, 9.17) is 9.47 Å². The van der Waals surface area contributed by atoms with Crippen molar-refractivity contribution in [3.63, 3.8) is 0 Å². The smallest absolute Gasteiger partial charge is 0.248 e. The van der Waals surface area contributed by atoms with Gasteiger partial charge in [-0.3, -0.25) is 4.79 Å². The third-order valence-electron chi connectivity index (χ3n) is 7.71. The number of rotatable bonds is 9. The number of ether oxygens (including phenoxy) is 2. The summed E-state index contributed by atoms with van der Waals surface area (Å²) in [7, 11) is -2.11. The van der Waals surface area contributed by atoms with Crippen molar-refractivity contribution in [2.24, 2.45) is 0 Å². The summed E-state index contributed by atoms with van der Waals surface area (Å²) in [6.45, 7) is 8.37. The van der Waals surface area contributed by atoms with E-state index in [2.05, 4.69) is 4.90 Å². The molecule has 196 valence electrons. The maximum absolute atomic E-state index is 13.7. The van der Waals surface area contributed by atoms with Crippen LogP contribution in [0.4, 0.5) is 0 Å². The van der Waals surface area contributed by atoms with Gasteiger partial charge in [0.2, 0.25) is 15.9 Å². The standard InChI is InChI=1S/C26H41N3O5S/c1-20-15-24(33-3)16-21(2)26(20)35(31,32)29-14-5-4-9-23(29)18-34-19-25(30)28-13-8-10-22(28)17-27-11-6-7-12-27/h15-16,22-23H,4-14,17-19H2,1-3H3/t22-,23?/m0/s1. The predicted molar refractivity (Wildman–Crippen MR) is 135 cm³/mol. The van der Waals surface area contributed by atoms with Crippen molar-refractivity contribution in [1.82, 2.24) is 14.1 Å². The van der Waals surface area contributed by atoms with Gasteiger partial charge in [0.25, 0.3) is 0 Å². The van der Waals surface area contributed by atoms with Gasteiger partial charge in [-0.05, 0) is 88.7 Å². The van der Waals surface area contributed by atoms with Gasteiger partial charge in [0, 0.05) is 31.7 Å². The molecule has 1 unspecified atom stereocenters. The van der Waals surface area contributed by atoms with Gasteiger partial charge in [0.05, 0.1) is 18.6 Å². The molecule has 3 fully saturated rings. The van der Waals surface area contributed by atoms with Crippen LogP contribution in [-0.2, 0) is 19.6 Å². The molecule has 35 heavy (non-hydrogen) atoms. The molecule has 9 heteroatoms. The number of piperidine rings is 1. The third kappa shape index (κ3) is 6.01. The second-order valence-corrected chi connectivity index (χ2v) is 12.1. The van der Waals surface area contributed by atoms with E-state index in [-0.39, 0.29) is 31.2 Å². The number of hydrogen-bond donors (Lipinski definition) is 0. The number of carbonyl (C=O) groups is 1. The van der Waals surface area contributed by atoms with Crippen LogP contribution in [0.1, 0.15) is 56.1 Å². The second kappa shape index (κ2) is 11.6. The molecule has 0 spiro atoms. The lowest BCUT2D eigenvalue weighted by atomic mass is 10.1. The molecule has 3 aliphatic heterocycles. The van der Waals surface area contributed by atoms with Crippen LogP contribution in [0.5, 0.6) is 5.75 Å². The zero-order chi connectivity index (χ0) is 25.0. The van der Waals surface area contributed by atoms with Gasteiger partial charge < -0.3 is 19.3 Å². The van der Waals surface area contributed by atoms with Gasteiger partial charge >= 0.3 is 0 Å². The second-order valence-electron chi connectivity index (χ2n) is 10.3. The maximum atomic E-state index is 13.7. The highest BCUT2D eigenvalue weighted by molar-refractivity contribution is 7.89. The molecule has 0 saturated carbocycles. The van der Waals surface area contributed by atoms with Crippen LogP contribution in [0.2, 0.25) is 0 Å². The van der Waals surface area contributed by atoms with Gasteiger partial charge in [-0.2, -0.15) is 4.31 Å². The van der Waals surface area contributed by atoms with E-state index in [1.54, 1.807) is 23.5 Å². The normalized spacial score (nSPS) is 24.3. The molecule has 0 radical (unpaired) electrons. The molecule has 8 nitrogen and oxygen atoms in total. The van der Waals surface area contributed by atoms with Gasteiger partial charge in [0.15, 0.2) is 0 Å². The number of benzene rings is 1. The Hall–Kier alpha value is -1.68. The maximum Gasteiger partial charge on any atom is 0.248 e. The van der Waals surface area contributed by atoms with Crippen LogP contribution in [0.3, 0.4) is 0 Å². The van der Waals surface area contributed by atoms with Crippen molar-refractivity contribution in [2.45, 2.75) is 75.8 Å². The zero-order valence-electron chi connectivity index (χ0n) is 21.5. The van der Waals surface area contributed by atoms with Crippen LogP contribution in [-0.4, -0.2) is 93.6 Å². The summed E-state index contributed by atoms with van der Waals surface area (Å²) in [4.78, 5) is 17.8. The number of sulfonamides is 1. The lowest BCUT2D eigenvalue weighted by molar-refractivity contribution is -0.137. The van der Waals surface area contributed by atoms with Gasteiger partial charge in [-0.15, -0.1) is 0 Å². The number of amides is 1. The Balaban J connectivity index is 1.37. The van der Waals surface area contributed by atoms with E-state index in [1.807, 2.05) is 18.7 Å². The Morgan fingerprint density at radius 1 is 0.943 bits per heavy atom. The van der Waals surface area contributed by atoms with Crippen molar-refractivity contribution < 1.29 is 22.7 Å². The summed E-state index contributed by atoms with van der Waals surface area (Å²) in [6, 6.07) is 3.55. The van der Waals surface area contributed by atoms with Crippen LogP contribution in [0.25, 0.3) is 0 Å². The van der Waals surface area contributed by atoms with Crippen LogP contribution >= 0.6 is 0 Å². The Morgan fingerprint density at radius 2 is 1.60 bits per heavy atom. The SMILES string of the molecule is COc1cc(C)c(S(=O)(=O)N2CCCCC2COCC(=O)N2CCC[C@H]2CN2CCCC2)c(C)c1. The highest BCUT2D eigenvalue weighted by Crippen LogP contribution is 2.32. The fourth-order valence-electron chi connectivity index (χ4n) is 5.99. The minimum atomic E-state index is -3.69. The average molecular weight is 508 g/mol. The molecule has 3 aliphatic rings. The largest absolute Gasteiger partial charge is 0.497 e. The molecule has 0 N–H and O–H groups in total. The Labute approximate surface area is 210 Å². The molecular weight excluding hydrogens is 466 g/mol. The molecule has 1 aromatic carbocycles. The molecule has 0 aromatic heterocycles. The number of methoxy groups -OCH3 is 1. The zero-order valence-corrected chi connectivity index (χ0v) is 22.3. The van der Waals surface area contributed by atoms with Crippen molar-refractivity contribution in [3.8, 4) is 5.75 Å². The number of hydrogen-bond acceptors (Lipinski definition) is 6. The van der Waals surface area contributed by atoms with Crippen LogP contribution in [0.15, 0.2) is 17.0 Å². The van der Waals surface area contributed by atoms with Crippen molar-refractivity contribution in [3.05, 3.63) is 23.3 Å². The minimum absolute atomic E-state index is 0.0154. The molecule has 3 saturated heterocycles. The Bertz CT molecular complexity index is 970. The summed E-state index contributed by atoms with van der Waals surface area (Å²) < 4.78 is 40.2. The highest BCUT2D eigenvalue weighted by atomic mass is 32.2. The van der Waals surface area contributed by atoms with Crippen molar-refractivity contribution in [2.75, 3.05) is 53.0 Å². The van der Waals surface area contributed by atoms with E-state index in [1.165, 1.54) is 12.8 Å². The fourth-order valence-corrected chi connectivity index (χ4v) is 8.09. The Kier molecular flexibility index (Phi) is 8.73. The molecule has 1 aromatic rings. The molecule has 2 atom stereocenters. The van der Waals surface area contributed by atoms with Crippen LogP contribution in [0, 0.1) is 13.8 Å². The minimum Gasteiger partial charge on any atom is -0.497 e. The Morgan fingerprint density at radius 3 is 2.29 bits per heavy atom. The number of nitrogens with zero attached hydrogens (tertiary/aromatic N) is 3. The quantitative estimate of drug-likeness (QED) is 0.511. The van der Waals surface area contributed by atoms with Gasteiger partial charge in [-0.1, -0.05) is 6.42 Å². The van der Waals surface area contributed by atoms with E-state index in [0.717, 1.165) is 58.3 Å². The summed E-state index contributed by atoms with van der Waals surface area (Å²) in [5.41, 5.74) is 1.36. The molecule has 0 bridgehead atoms. The predicted octanol–water partition coefficient (Wildman–Crippen LogP) is 2.96. The first-order valence-corrected chi connectivity index (χ1v) is 14.5. The van der Waals surface area contributed by atoms with Gasteiger partial charge in [-0.25, -0.2) is 8.42 Å². The number of likely N-dealkylation sites (tertiary alicyclic amines) is 2. The van der Waals surface area contributed by atoms with E-state index < -0.39 is 10.0 Å². The molecule has 1 amide bonds.